The number of nitrogens with one attached hydrogen (secondary N) is 1. The predicted molar refractivity (Wildman–Crippen MR) is 89.0 cm³/mol. The van der Waals surface area contributed by atoms with Crippen molar-refractivity contribution in [2.75, 3.05) is 38.8 Å². The van der Waals surface area contributed by atoms with E-state index in [2.05, 4.69) is 53.9 Å². The van der Waals surface area contributed by atoms with E-state index in [4.69, 9.17) is 14.5 Å². The Labute approximate surface area is 136 Å². The first-order valence-electron chi connectivity index (χ1n) is 7.27. The van der Waals surface area contributed by atoms with Crippen LogP contribution in [0.3, 0.4) is 0 Å². The van der Waals surface area contributed by atoms with Gasteiger partial charge in [0.2, 0.25) is 0 Å². The molecule has 120 valence electrons. The standard InChI is InChI=1S/C15H26BrN3O2/c1-6-17-14-12(16)13(15(2,3)4)18-11(19-14)7-8-21-10-9-20-5/h6-10H2,1-5H3,(H,17,18,19). The Bertz CT molecular complexity index is 447. The number of rotatable bonds is 8. The van der Waals surface area contributed by atoms with E-state index in [0.717, 1.165) is 28.4 Å². The second-order valence-electron chi connectivity index (χ2n) is 5.79. The van der Waals surface area contributed by atoms with Crippen molar-refractivity contribution in [3.05, 3.63) is 16.0 Å². The fourth-order valence-corrected chi connectivity index (χ4v) is 2.71. The van der Waals surface area contributed by atoms with Gasteiger partial charge in [-0.25, -0.2) is 9.97 Å². The van der Waals surface area contributed by atoms with Gasteiger partial charge in [-0.15, -0.1) is 0 Å². The van der Waals surface area contributed by atoms with Crippen molar-refractivity contribution in [1.29, 1.82) is 0 Å². The van der Waals surface area contributed by atoms with Gasteiger partial charge in [0, 0.05) is 25.5 Å². The minimum Gasteiger partial charge on any atom is -0.382 e. The third kappa shape index (κ3) is 5.88. The molecule has 0 aliphatic carbocycles. The Morgan fingerprint density at radius 3 is 2.43 bits per heavy atom. The molecule has 0 aromatic carbocycles. The Morgan fingerprint density at radius 1 is 1.14 bits per heavy atom. The Hall–Kier alpha value is -0.720. The topological polar surface area (TPSA) is 56.3 Å². The van der Waals surface area contributed by atoms with Crippen LogP contribution in [0.4, 0.5) is 5.82 Å². The molecule has 0 saturated carbocycles. The molecule has 6 heteroatoms. The molecule has 0 amide bonds. The summed E-state index contributed by atoms with van der Waals surface area (Å²) in [5.41, 5.74) is 0.970. The molecule has 21 heavy (non-hydrogen) atoms. The Balaban J connectivity index is 2.86. The van der Waals surface area contributed by atoms with Crippen molar-refractivity contribution in [3.8, 4) is 0 Å². The van der Waals surface area contributed by atoms with Gasteiger partial charge in [-0.1, -0.05) is 20.8 Å². The van der Waals surface area contributed by atoms with E-state index >= 15 is 0 Å². The molecule has 1 N–H and O–H groups in total. The number of halogens is 1. The normalized spacial score (nSPS) is 11.7. The van der Waals surface area contributed by atoms with Crippen molar-refractivity contribution in [1.82, 2.24) is 9.97 Å². The number of aromatic nitrogens is 2. The van der Waals surface area contributed by atoms with E-state index in [9.17, 15) is 0 Å². The first-order valence-corrected chi connectivity index (χ1v) is 8.06. The third-order valence-corrected chi connectivity index (χ3v) is 3.61. The first kappa shape index (κ1) is 18.3. The fraction of sp³-hybridized carbons (Fsp3) is 0.733. The number of methoxy groups -OCH3 is 1. The summed E-state index contributed by atoms with van der Waals surface area (Å²) in [6.45, 7) is 11.1. The van der Waals surface area contributed by atoms with Gasteiger partial charge in [0.05, 0.1) is 30.0 Å². The quantitative estimate of drug-likeness (QED) is 0.722. The van der Waals surface area contributed by atoms with E-state index in [-0.39, 0.29) is 5.41 Å². The molecule has 0 saturated heterocycles. The number of hydrogen-bond acceptors (Lipinski definition) is 5. The zero-order valence-corrected chi connectivity index (χ0v) is 15.2. The molecular weight excluding hydrogens is 334 g/mol. The van der Waals surface area contributed by atoms with Crippen molar-refractivity contribution in [2.24, 2.45) is 0 Å². The highest BCUT2D eigenvalue weighted by Crippen LogP contribution is 2.32. The summed E-state index contributed by atoms with van der Waals surface area (Å²) >= 11 is 3.62. The van der Waals surface area contributed by atoms with Crippen molar-refractivity contribution in [3.63, 3.8) is 0 Å². The van der Waals surface area contributed by atoms with Crippen LogP contribution in [0, 0.1) is 0 Å². The van der Waals surface area contributed by atoms with Gasteiger partial charge in [-0.2, -0.15) is 0 Å². The highest BCUT2D eigenvalue weighted by molar-refractivity contribution is 9.10. The molecule has 1 rings (SSSR count). The molecule has 0 fully saturated rings. The molecule has 0 unspecified atom stereocenters. The van der Waals surface area contributed by atoms with Crippen LogP contribution in [0.1, 0.15) is 39.2 Å². The fourth-order valence-electron chi connectivity index (χ4n) is 1.79. The summed E-state index contributed by atoms with van der Waals surface area (Å²) in [5, 5.41) is 3.28. The van der Waals surface area contributed by atoms with Crippen molar-refractivity contribution in [2.45, 2.75) is 39.5 Å². The molecule has 1 heterocycles. The number of ether oxygens (including phenoxy) is 2. The van der Waals surface area contributed by atoms with Gasteiger partial charge < -0.3 is 14.8 Å². The Kier molecular flexibility index (Phi) is 7.56. The number of anilines is 1. The largest absolute Gasteiger partial charge is 0.382 e. The van der Waals surface area contributed by atoms with Gasteiger partial charge >= 0.3 is 0 Å². The average Bonchev–Trinajstić information content (AvgIpc) is 2.40. The van der Waals surface area contributed by atoms with Crippen LogP contribution in [0.2, 0.25) is 0 Å². The van der Waals surface area contributed by atoms with Crippen molar-refractivity contribution >= 4 is 21.7 Å². The van der Waals surface area contributed by atoms with Crippen LogP contribution in [-0.2, 0) is 21.3 Å². The van der Waals surface area contributed by atoms with E-state index in [1.165, 1.54) is 0 Å². The van der Waals surface area contributed by atoms with Crippen molar-refractivity contribution < 1.29 is 9.47 Å². The third-order valence-electron chi connectivity index (χ3n) is 2.85. The molecule has 0 aliphatic rings. The first-order chi connectivity index (χ1) is 9.90. The van der Waals surface area contributed by atoms with Crippen LogP contribution >= 0.6 is 15.9 Å². The maximum Gasteiger partial charge on any atom is 0.144 e. The summed E-state index contributed by atoms with van der Waals surface area (Å²) in [6, 6.07) is 0. The average molecular weight is 360 g/mol. The lowest BCUT2D eigenvalue weighted by Crippen LogP contribution is -2.19. The number of hydrogen-bond donors (Lipinski definition) is 1. The van der Waals surface area contributed by atoms with E-state index in [1.54, 1.807) is 7.11 Å². The molecule has 0 radical (unpaired) electrons. The SMILES string of the molecule is CCNc1nc(CCOCCOC)nc(C(C)(C)C)c1Br. The lowest BCUT2D eigenvalue weighted by Gasteiger charge is -2.22. The van der Waals surface area contributed by atoms with Gasteiger partial charge in [-0.05, 0) is 22.9 Å². The van der Waals surface area contributed by atoms with Crippen LogP contribution in [0.25, 0.3) is 0 Å². The van der Waals surface area contributed by atoms with E-state index in [0.29, 0.717) is 26.2 Å². The summed E-state index contributed by atoms with van der Waals surface area (Å²) in [6.07, 6.45) is 0.693. The second kappa shape index (κ2) is 8.66. The molecule has 1 aromatic rings. The predicted octanol–water partition coefficient (Wildman–Crippen LogP) is 3.17. The van der Waals surface area contributed by atoms with Gasteiger partial charge in [0.1, 0.15) is 11.6 Å². The highest BCUT2D eigenvalue weighted by Gasteiger charge is 2.22. The van der Waals surface area contributed by atoms with Crippen LogP contribution in [0.5, 0.6) is 0 Å². The lowest BCUT2D eigenvalue weighted by molar-refractivity contribution is 0.0716. The van der Waals surface area contributed by atoms with Crippen LogP contribution < -0.4 is 5.32 Å². The summed E-state index contributed by atoms with van der Waals surface area (Å²) in [5.74, 6) is 1.65. The summed E-state index contributed by atoms with van der Waals surface area (Å²) < 4.78 is 11.4. The number of nitrogens with zero attached hydrogens (tertiary/aromatic N) is 2. The smallest absolute Gasteiger partial charge is 0.144 e. The zero-order chi connectivity index (χ0) is 15.9. The van der Waals surface area contributed by atoms with Crippen LogP contribution in [0.15, 0.2) is 4.47 Å². The minimum absolute atomic E-state index is 0.0440. The molecule has 1 aromatic heterocycles. The lowest BCUT2D eigenvalue weighted by atomic mass is 9.92. The summed E-state index contributed by atoms with van der Waals surface area (Å²) in [4.78, 5) is 9.27. The summed E-state index contributed by atoms with van der Waals surface area (Å²) in [7, 11) is 1.67. The van der Waals surface area contributed by atoms with Gasteiger partial charge in [0.15, 0.2) is 0 Å². The zero-order valence-electron chi connectivity index (χ0n) is 13.6. The second-order valence-corrected chi connectivity index (χ2v) is 6.58. The Morgan fingerprint density at radius 2 is 1.86 bits per heavy atom. The molecule has 0 aliphatic heterocycles. The highest BCUT2D eigenvalue weighted by atomic mass is 79.9. The monoisotopic (exact) mass is 359 g/mol. The van der Waals surface area contributed by atoms with E-state index in [1.807, 2.05) is 0 Å². The minimum atomic E-state index is -0.0440. The van der Waals surface area contributed by atoms with Gasteiger partial charge in [0.25, 0.3) is 0 Å². The molecular formula is C15H26BrN3O2. The van der Waals surface area contributed by atoms with Crippen LogP contribution in [-0.4, -0.2) is 43.4 Å². The van der Waals surface area contributed by atoms with E-state index < -0.39 is 0 Å². The molecule has 0 spiro atoms. The maximum atomic E-state index is 5.50. The molecule has 0 atom stereocenters. The molecule has 5 nitrogen and oxygen atoms in total. The molecule has 0 bridgehead atoms. The van der Waals surface area contributed by atoms with Gasteiger partial charge in [-0.3, -0.25) is 0 Å². The maximum absolute atomic E-state index is 5.50.